The maximum atomic E-state index is 11.1. The molecule has 0 saturated heterocycles. The largest absolute Gasteiger partial charge is 0.300 e. The molecule has 0 amide bonds. The van der Waals surface area contributed by atoms with E-state index >= 15 is 0 Å². The highest BCUT2D eigenvalue weighted by atomic mass is 16.1. The summed E-state index contributed by atoms with van der Waals surface area (Å²) in [5.74, 6) is 0.915. The van der Waals surface area contributed by atoms with E-state index in [1.807, 2.05) is 0 Å². The first-order valence-electron chi connectivity index (χ1n) is 4.84. The van der Waals surface area contributed by atoms with Crippen LogP contribution < -0.4 is 0 Å². The monoisotopic (exact) mass is 174 g/mol. The second-order valence-corrected chi connectivity index (χ2v) is 3.89. The highest BCUT2D eigenvalue weighted by Crippen LogP contribution is 2.31. The number of rotatable bonds is 1. The third-order valence-corrected chi connectivity index (χ3v) is 2.79. The lowest BCUT2D eigenvalue weighted by atomic mass is 9.97. The van der Waals surface area contributed by atoms with E-state index in [9.17, 15) is 4.79 Å². The number of Topliss-reactive ketones (excluding diaryl/α,β-unsaturated/α-hetero) is 1. The molecule has 1 nitrogen and oxygen atoms in total. The Morgan fingerprint density at radius 3 is 2.46 bits per heavy atom. The molecule has 1 atom stereocenters. The Kier molecular flexibility index (Phi) is 2.17. The predicted octanol–water partition coefficient (Wildman–Crippen LogP) is 2.83. The summed E-state index contributed by atoms with van der Waals surface area (Å²) < 4.78 is 0. The van der Waals surface area contributed by atoms with Crippen LogP contribution in [0.1, 0.15) is 36.3 Å². The number of aryl methyl sites for hydroxylation is 1. The van der Waals surface area contributed by atoms with Gasteiger partial charge in [-0.25, -0.2) is 0 Å². The van der Waals surface area contributed by atoms with Crippen LogP contribution in [0.25, 0.3) is 0 Å². The van der Waals surface area contributed by atoms with Crippen molar-refractivity contribution in [3.05, 3.63) is 35.4 Å². The summed E-state index contributed by atoms with van der Waals surface area (Å²) in [6, 6.07) is 8.55. The molecule has 0 unspecified atom stereocenters. The Labute approximate surface area is 78.8 Å². The topological polar surface area (TPSA) is 17.1 Å². The number of hydrogen-bond donors (Lipinski definition) is 0. The molecule has 0 spiro atoms. The zero-order valence-corrected chi connectivity index (χ0v) is 7.92. The lowest BCUT2D eigenvalue weighted by Crippen LogP contribution is -1.93. The van der Waals surface area contributed by atoms with Crippen LogP contribution in [0.2, 0.25) is 0 Å². The number of benzene rings is 1. The summed E-state index contributed by atoms with van der Waals surface area (Å²) in [4.78, 5) is 11.1. The van der Waals surface area contributed by atoms with E-state index in [1.54, 1.807) is 0 Å². The fourth-order valence-corrected chi connectivity index (χ4v) is 1.94. The molecule has 2 rings (SSSR count). The zero-order chi connectivity index (χ0) is 9.26. The van der Waals surface area contributed by atoms with Crippen LogP contribution in [0.5, 0.6) is 0 Å². The van der Waals surface area contributed by atoms with E-state index in [0.717, 1.165) is 19.3 Å². The summed E-state index contributed by atoms with van der Waals surface area (Å²) in [6.07, 6.45) is 2.57. The van der Waals surface area contributed by atoms with Gasteiger partial charge in [0.2, 0.25) is 0 Å². The third-order valence-electron chi connectivity index (χ3n) is 2.79. The van der Waals surface area contributed by atoms with Crippen LogP contribution in [0.3, 0.4) is 0 Å². The molecule has 1 aromatic carbocycles. The zero-order valence-electron chi connectivity index (χ0n) is 7.92. The maximum absolute atomic E-state index is 11.1. The molecule has 0 bridgehead atoms. The summed E-state index contributed by atoms with van der Waals surface area (Å²) in [7, 11) is 0. The van der Waals surface area contributed by atoms with Gasteiger partial charge in [-0.2, -0.15) is 0 Å². The molecule has 0 aliphatic heterocycles. The van der Waals surface area contributed by atoms with Crippen molar-refractivity contribution in [1.82, 2.24) is 0 Å². The maximum Gasteiger partial charge on any atom is 0.133 e. The molecule has 1 saturated carbocycles. The van der Waals surface area contributed by atoms with Crippen molar-refractivity contribution in [2.45, 2.75) is 32.1 Å². The summed E-state index contributed by atoms with van der Waals surface area (Å²) in [5, 5.41) is 0. The van der Waals surface area contributed by atoms with Gasteiger partial charge in [-0.3, -0.25) is 4.79 Å². The van der Waals surface area contributed by atoms with E-state index in [1.165, 1.54) is 11.1 Å². The van der Waals surface area contributed by atoms with Gasteiger partial charge < -0.3 is 0 Å². The van der Waals surface area contributed by atoms with Gasteiger partial charge in [0, 0.05) is 12.8 Å². The Morgan fingerprint density at radius 2 is 1.92 bits per heavy atom. The van der Waals surface area contributed by atoms with Crippen molar-refractivity contribution in [3.8, 4) is 0 Å². The van der Waals surface area contributed by atoms with E-state index in [4.69, 9.17) is 0 Å². The van der Waals surface area contributed by atoms with Gasteiger partial charge in [0.05, 0.1) is 0 Å². The lowest BCUT2D eigenvalue weighted by molar-refractivity contribution is -0.117. The molecule has 0 N–H and O–H groups in total. The number of carbonyl (C=O) groups is 1. The molecular formula is C12H14O. The second kappa shape index (κ2) is 3.33. The molecule has 1 fully saturated rings. The molecule has 68 valence electrons. The number of hydrogen-bond acceptors (Lipinski definition) is 1. The van der Waals surface area contributed by atoms with Crippen molar-refractivity contribution >= 4 is 5.78 Å². The van der Waals surface area contributed by atoms with E-state index in [2.05, 4.69) is 31.2 Å². The quantitative estimate of drug-likeness (QED) is 0.639. The average Bonchev–Trinajstić information content (AvgIpc) is 2.53. The highest BCUT2D eigenvalue weighted by molar-refractivity contribution is 5.81. The van der Waals surface area contributed by atoms with Gasteiger partial charge in [-0.05, 0) is 24.8 Å². The number of ketones is 1. The van der Waals surface area contributed by atoms with Gasteiger partial charge >= 0.3 is 0 Å². The highest BCUT2D eigenvalue weighted by Gasteiger charge is 2.22. The van der Waals surface area contributed by atoms with Crippen molar-refractivity contribution in [2.75, 3.05) is 0 Å². The lowest BCUT2D eigenvalue weighted by Gasteiger charge is -2.07. The summed E-state index contributed by atoms with van der Waals surface area (Å²) in [6.45, 7) is 2.09. The summed E-state index contributed by atoms with van der Waals surface area (Å²) in [5.41, 5.74) is 2.62. The Morgan fingerprint density at radius 1 is 1.23 bits per heavy atom. The first-order chi connectivity index (χ1) is 6.25. The fraction of sp³-hybridized carbons (Fsp3) is 0.417. The normalized spacial score (nSPS) is 22.2. The minimum atomic E-state index is 0.422. The van der Waals surface area contributed by atoms with Crippen LogP contribution >= 0.6 is 0 Å². The predicted molar refractivity (Wildman–Crippen MR) is 52.8 cm³/mol. The SMILES string of the molecule is Cc1ccc([C@H]2CCC(=O)C2)cc1. The molecule has 1 aromatic rings. The van der Waals surface area contributed by atoms with Crippen LogP contribution in [0, 0.1) is 6.92 Å². The van der Waals surface area contributed by atoms with Crippen LogP contribution in [-0.2, 0) is 4.79 Å². The van der Waals surface area contributed by atoms with E-state index in [0.29, 0.717) is 11.7 Å². The Hall–Kier alpha value is -1.11. The van der Waals surface area contributed by atoms with E-state index in [-0.39, 0.29) is 0 Å². The van der Waals surface area contributed by atoms with E-state index < -0.39 is 0 Å². The molecule has 1 aliphatic carbocycles. The standard InChI is InChI=1S/C12H14O/c1-9-2-4-10(5-3-9)11-6-7-12(13)8-11/h2-5,11H,6-8H2,1H3/t11-/m0/s1. The van der Waals surface area contributed by atoms with Crippen molar-refractivity contribution < 1.29 is 4.79 Å². The molecule has 1 heteroatoms. The van der Waals surface area contributed by atoms with Gasteiger partial charge in [0.15, 0.2) is 0 Å². The average molecular weight is 174 g/mol. The minimum absolute atomic E-state index is 0.422. The Bertz CT molecular complexity index is 310. The molecule has 0 aromatic heterocycles. The van der Waals surface area contributed by atoms with Crippen molar-refractivity contribution in [2.24, 2.45) is 0 Å². The first kappa shape index (κ1) is 8.49. The van der Waals surface area contributed by atoms with Crippen molar-refractivity contribution in [3.63, 3.8) is 0 Å². The molecular weight excluding hydrogens is 160 g/mol. The Balaban J connectivity index is 2.17. The molecule has 13 heavy (non-hydrogen) atoms. The molecule has 0 heterocycles. The van der Waals surface area contributed by atoms with Gasteiger partial charge in [0.25, 0.3) is 0 Å². The van der Waals surface area contributed by atoms with Gasteiger partial charge in [-0.15, -0.1) is 0 Å². The van der Waals surface area contributed by atoms with Crippen LogP contribution in [0.4, 0.5) is 0 Å². The van der Waals surface area contributed by atoms with Gasteiger partial charge in [-0.1, -0.05) is 29.8 Å². The number of carbonyl (C=O) groups excluding carboxylic acids is 1. The third kappa shape index (κ3) is 1.80. The summed E-state index contributed by atoms with van der Waals surface area (Å²) >= 11 is 0. The van der Waals surface area contributed by atoms with Crippen molar-refractivity contribution in [1.29, 1.82) is 0 Å². The molecule has 1 aliphatic rings. The smallest absolute Gasteiger partial charge is 0.133 e. The molecule has 0 radical (unpaired) electrons. The second-order valence-electron chi connectivity index (χ2n) is 3.89. The van der Waals surface area contributed by atoms with Crippen LogP contribution in [-0.4, -0.2) is 5.78 Å². The first-order valence-corrected chi connectivity index (χ1v) is 4.84. The fourth-order valence-electron chi connectivity index (χ4n) is 1.94. The van der Waals surface area contributed by atoms with Gasteiger partial charge in [0.1, 0.15) is 5.78 Å². The minimum Gasteiger partial charge on any atom is -0.300 e. The van der Waals surface area contributed by atoms with Crippen LogP contribution in [0.15, 0.2) is 24.3 Å².